The molecule has 4 heterocycles. The molecular weight excluding hydrogens is 360 g/mol. The van der Waals surface area contributed by atoms with Crippen LogP contribution in [-0.2, 0) is 14.3 Å². The summed E-state index contributed by atoms with van der Waals surface area (Å²) in [6.07, 6.45) is 4.59. The number of carbonyl (C=O) groups is 1. The van der Waals surface area contributed by atoms with Gasteiger partial charge in [-0.3, -0.25) is 9.69 Å². The van der Waals surface area contributed by atoms with Crippen LogP contribution in [0.1, 0.15) is 11.8 Å². The van der Waals surface area contributed by atoms with Crippen LogP contribution in [0.3, 0.4) is 0 Å². The van der Waals surface area contributed by atoms with E-state index in [1.165, 1.54) is 6.33 Å². The van der Waals surface area contributed by atoms with Crippen LogP contribution in [-0.4, -0.2) is 83.2 Å². The summed E-state index contributed by atoms with van der Waals surface area (Å²) in [6, 6.07) is 3.65. The van der Waals surface area contributed by atoms with Crippen molar-refractivity contribution in [1.82, 2.24) is 24.8 Å². The van der Waals surface area contributed by atoms with Gasteiger partial charge in [0.25, 0.3) is 0 Å². The van der Waals surface area contributed by atoms with Crippen molar-refractivity contribution in [1.29, 1.82) is 0 Å². The molecule has 1 atom stereocenters. The van der Waals surface area contributed by atoms with Crippen molar-refractivity contribution in [3.05, 3.63) is 36.5 Å². The Bertz CT molecular complexity index is 827. The summed E-state index contributed by atoms with van der Waals surface area (Å²) in [7, 11) is 0. The molecule has 2 aliphatic heterocycles. The fraction of sp³-hybridized carbons (Fsp3) is 0.474. The third kappa shape index (κ3) is 4.27. The van der Waals surface area contributed by atoms with Gasteiger partial charge in [0.2, 0.25) is 5.91 Å². The number of amides is 1. The highest BCUT2D eigenvalue weighted by Crippen LogP contribution is 2.30. The largest absolute Gasteiger partial charge is 0.384 e. The molecular formula is C19H24N6O3. The first-order valence-corrected chi connectivity index (χ1v) is 9.42. The second-order valence-electron chi connectivity index (χ2n) is 6.88. The van der Waals surface area contributed by atoms with Gasteiger partial charge in [0.05, 0.1) is 38.6 Å². The van der Waals surface area contributed by atoms with Crippen molar-refractivity contribution in [2.45, 2.75) is 6.10 Å². The molecule has 2 saturated heterocycles. The lowest BCUT2D eigenvalue weighted by Gasteiger charge is -2.35. The first-order chi connectivity index (χ1) is 13.7. The maximum atomic E-state index is 12.8. The van der Waals surface area contributed by atoms with Gasteiger partial charge in [0.1, 0.15) is 18.2 Å². The number of ether oxygens (including phenoxy) is 2. The van der Waals surface area contributed by atoms with E-state index in [0.29, 0.717) is 45.3 Å². The highest BCUT2D eigenvalue weighted by Gasteiger charge is 2.29. The predicted molar refractivity (Wildman–Crippen MR) is 102 cm³/mol. The van der Waals surface area contributed by atoms with Crippen LogP contribution in [0.4, 0.5) is 5.82 Å². The number of hydrogen-bond acceptors (Lipinski definition) is 8. The van der Waals surface area contributed by atoms with E-state index in [9.17, 15) is 4.79 Å². The molecule has 2 aromatic rings. The van der Waals surface area contributed by atoms with E-state index in [-0.39, 0.29) is 12.0 Å². The number of morpholine rings is 2. The SMILES string of the molecule is Nc1cc(-c2cncnc2[C@H]2CN(C(=O)CN3CCOCC3)CCO2)ccn1. The molecule has 0 saturated carbocycles. The fourth-order valence-electron chi connectivity index (χ4n) is 3.53. The van der Waals surface area contributed by atoms with Gasteiger partial charge >= 0.3 is 0 Å². The van der Waals surface area contributed by atoms with E-state index >= 15 is 0 Å². The van der Waals surface area contributed by atoms with Crippen LogP contribution in [0.2, 0.25) is 0 Å². The average molecular weight is 384 g/mol. The molecule has 2 N–H and O–H groups in total. The molecule has 0 spiro atoms. The van der Waals surface area contributed by atoms with E-state index in [1.54, 1.807) is 18.5 Å². The third-order valence-electron chi connectivity index (χ3n) is 5.02. The van der Waals surface area contributed by atoms with Crippen molar-refractivity contribution in [2.75, 3.05) is 58.3 Å². The number of rotatable bonds is 4. The van der Waals surface area contributed by atoms with E-state index in [2.05, 4.69) is 19.9 Å². The van der Waals surface area contributed by atoms with Crippen LogP contribution >= 0.6 is 0 Å². The zero-order valence-corrected chi connectivity index (χ0v) is 15.7. The summed E-state index contributed by atoms with van der Waals surface area (Å²) in [5.41, 5.74) is 8.29. The molecule has 9 heteroatoms. The summed E-state index contributed by atoms with van der Waals surface area (Å²) in [5, 5.41) is 0. The quantitative estimate of drug-likeness (QED) is 0.805. The van der Waals surface area contributed by atoms with E-state index in [1.807, 2.05) is 11.0 Å². The molecule has 148 valence electrons. The molecule has 0 bridgehead atoms. The van der Waals surface area contributed by atoms with Crippen molar-refractivity contribution in [3.8, 4) is 11.1 Å². The molecule has 0 aromatic carbocycles. The Morgan fingerprint density at radius 1 is 1.21 bits per heavy atom. The number of carbonyl (C=O) groups excluding carboxylic acids is 1. The maximum Gasteiger partial charge on any atom is 0.236 e. The fourth-order valence-corrected chi connectivity index (χ4v) is 3.53. The molecule has 0 unspecified atom stereocenters. The Labute approximate surface area is 163 Å². The smallest absolute Gasteiger partial charge is 0.236 e. The van der Waals surface area contributed by atoms with Crippen molar-refractivity contribution >= 4 is 11.7 Å². The maximum absolute atomic E-state index is 12.8. The topological polar surface area (TPSA) is 107 Å². The number of hydrogen-bond donors (Lipinski definition) is 1. The van der Waals surface area contributed by atoms with Crippen molar-refractivity contribution in [2.24, 2.45) is 0 Å². The number of nitrogen functional groups attached to an aromatic ring is 1. The van der Waals surface area contributed by atoms with E-state index < -0.39 is 0 Å². The van der Waals surface area contributed by atoms with Crippen LogP contribution in [0, 0.1) is 0 Å². The first kappa shape index (κ1) is 18.7. The lowest BCUT2D eigenvalue weighted by molar-refractivity contribution is -0.141. The lowest BCUT2D eigenvalue weighted by atomic mass is 10.0. The molecule has 2 fully saturated rings. The van der Waals surface area contributed by atoms with Crippen LogP contribution in [0.5, 0.6) is 0 Å². The predicted octanol–water partition coefficient (Wildman–Crippen LogP) is 0.353. The number of aromatic nitrogens is 3. The summed E-state index contributed by atoms with van der Waals surface area (Å²) in [5.74, 6) is 0.540. The minimum atomic E-state index is -0.310. The molecule has 28 heavy (non-hydrogen) atoms. The minimum Gasteiger partial charge on any atom is -0.384 e. The molecule has 4 rings (SSSR count). The van der Waals surface area contributed by atoms with Gasteiger partial charge in [-0.25, -0.2) is 15.0 Å². The van der Waals surface area contributed by atoms with E-state index in [0.717, 1.165) is 29.9 Å². The highest BCUT2D eigenvalue weighted by molar-refractivity contribution is 5.78. The van der Waals surface area contributed by atoms with Gasteiger partial charge in [-0.05, 0) is 17.7 Å². The van der Waals surface area contributed by atoms with Gasteiger partial charge in [-0.1, -0.05) is 0 Å². The number of nitrogens with zero attached hydrogens (tertiary/aromatic N) is 5. The molecule has 1 amide bonds. The number of pyridine rings is 1. The second-order valence-corrected chi connectivity index (χ2v) is 6.88. The Morgan fingerprint density at radius 2 is 2.07 bits per heavy atom. The molecule has 2 aliphatic rings. The first-order valence-electron chi connectivity index (χ1n) is 9.42. The Kier molecular flexibility index (Phi) is 5.75. The Balaban J connectivity index is 1.50. The number of nitrogens with two attached hydrogens (primary N) is 1. The van der Waals surface area contributed by atoms with Crippen molar-refractivity contribution in [3.63, 3.8) is 0 Å². The zero-order valence-electron chi connectivity index (χ0n) is 15.7. The van der Waals surface area contributed by atoms with Gasteiger partial charge in [0.15, 0.2) is 0 Å². The van der Waals surface area contributed by atoms with Crippen molar-refractivity contribution < 1.29 is 14.3 Å². The minimum absolute atomic E-state index is 0.110. The standard InChI is InChI=1S/C19H24N6O3/c20-17-9-14(1-2-22-17)15-10-21-13-23-19(15)16-11-25(5-8-28-16)18(26)12-24-3-6-27-7-4-24/h1-2,9-10,13,16H,3-8,11-12H2,(H2,20,22)/t16-/m1/s1. The van der Waals surface area contributed by atoms with Gasteiger partial charge in [-0.2, -0.15) is 0 Å². The van der Waals surface area contributed by atoms with Gasteiger partial charge in [-0.15, -0.1) is 0 Å². The molecule has 2 aromatic heterocycles. The van der Waals surface area contributed by atoms with Crippen LogP contribution < -0.4 is 5.73 Å². The molecule has 0 aliphatic carbocycles. The highest BCUT2D eigenvalue weighted by atomic mass is 16.5. The Morgan fingerprint density at radius 3 is 2.89 bits per heavy atom. The second kappa shape index (κ2) is 8.59. The monoisotopic (exact) mass is 384 g/mol. The van der Waals surface area contributed by atoms with Crippen LogP contribution in [0.15, 0.2) is 30.9 Å². The van der Waals surface area contributed by atoms with E-state index in [4.69, 9.17) is 15.2 Å². The average Bonchev–Trinajstić information content (AvgIpc) is 2.74. The zero-order chi connectivity index (χ0) is 19.3. The molecule has 9 nitrogen and oxygen atoms in total. The summed E-state index contributed by atoms with van der Waals surface area (Å²) in [4.78, 5) is 29.4. The normalized spacial score (nSPS) is 20.9. The summed E-state index contributed by atoms with van der Waals surface area (Å²) >= 11 is 0. The van der Waals surface area contributed by atoms with Gasteiger partial charge < -0.3 is 20.1 Å². The molecule has 0 radical (unpaired) electrons. The summed E-state index contributed by atoms with van der Waals surface area (Å²) in [6.45, 7) is 4.87. The number of anilines is 1. The summed E-state index contributed by atoms with van der Waals surface area (Å²) < 4.78 is 11.3. The lowest BCUT2D eigenvalue weighted by Crippen LogP contribution is -2.48. The van der Waals surface area contributed by atoms with Gasteiger partial charge in [0, 0.05) is 37.6 Å². The third-order valence-corrected chi connectivity index (χ3v) is 5.02. The Hall–Kier alpha value is -2.62. The van der Waals surface area contributed by atoms with Crippen LogP contribution in [0.25, 0.3) is 11.1 Å².